The molecule has 0 atom stereocenters. The summed E-state index contributed by atoms with van der Waals surface area (Å²) >= 11 is 14.2. The zero-order valence-corrected chi connectivity index (χ0v) is 21.4. The van der Waals surface area contributed by atoms with Crippen LogP contribution >= 0.6 is 35.0 Å². The molecule has 0 aliphatic heterocycles. The number of benzene rings is 2. The molecule has 1 aromatic heterocycles. The van der Waals surface area contributed by atoms with E-state index in [2.05, 4.69) is 37.5 Å². The highest BCUT2D eigenvalue weighted by Gasteiger charge is 2.21. The quantitative estimate of drug-likeness (QED) is 0.255. The van der Waals surface area contributed by atoms with E-state index < -0.39 is 0 Å². The van der Waals surface area contributed by atoms with Crippen molar-refractivity contribution in [3.8, 4) is 5.75 Å². The Morgan fingerprint density at radius 2 is 1.75 bits per heavy atom. The monoisotopic (exact) mass is 492 g/mol. The minimum atomic E-state index is 0.263. The highest BCUT2D eigenvalue weighted by atomic mass is 35.5. The second-order valence-corrected chi connectivity index (χ2v) is 9.86. The smallest absolute Gasteiger partial charge is 0.136 e. The first-order valence-corrected chi connectivity index (χ1v) is 12.4. The second-order valence-electron chi connectivity index (χ2n) is 7.92. The third-order valence-corrected chi connectivity index (χ3v) is 6.53. The Morgan fingerprint density at radius 1 is 1.06 bits per heavy atom. The molecule has 7 heteroatoms. The fraction of sp³-hybridized carbons (Fsp3) is 0.400. The van der Waals surface area contributed by atoms with Gasteiger partial charge in [0.2, 0.25) is 0 Å². The second kappa shape index (κ2) is 12.0. The molecule has 0 unspecified atom stereocenters. The number of hydrogen-bond acceptors (Lipinski definition) is 4. The summed E-state index contributed by atoms with van der Waals surface area (Å²) in [6.07, 6.45) is 2.15. The molecule has 2 aromatic carbocycles. The fourth-order valence-electron chi connectivity index (χ4n) is 3.28. The molecule has 1 heterocycles. The predicted molar refractivity (Wildman–Crippen MR) is 134 cm³/mol. The van der Waals surface area contributed by atoms with Crippen molar-refractivity contribution in [2.75, 3.05) is 13.7 Å². The van der Waals surface area contributed by atoms with Gasteiger partial charge in [-0.1, -0.05) is 74.3 Å². The predicted octanol–water partition coefficient (Wildman–Crippen LogP) is 7.84. The Hall–Kier alpha value is -1.66. The van der Waals surface area contributed by atoms with E-state index in [1.165, 1.54) is 5.56 Å². The summed E-state index contributed by atoms with van der Waals surface area (Å²) in [5, 5.41) is 2.33. The number of methoxy groups -OCH3 is 1. The molecular formula is C25H30Cl2N2O2S. The van der Waals surface area contributed by atoms with Crippen LogP contribution in [-0.2, 0) is 17.9 Å². The van der Waals surface area contributed by atoms with Crippen molar-refractivity contribution in [1.82, 2.24) is 9.55 Å². The van der Waals surface area contributed by atoms with Crippen LogP contribution < -0.4 is 4.74 Å². The number of ether oxygens (including phenoxy) is 2. The van der Waals surface area contributed by atoms with Gasteiger partial charge < -0.3 is 14.0 Å². The van der Waals surface area contributed by atoms with Gasteiger partial charge in [0.15, 0.2) is 0 Å². The molecule has 0 fully saturated rings. The van der Waals surface area contributed by atoms with Crippen molar-refractivity contribution in [2.24, 2.45) is 0 Å². The molecule has 0 amide bonds. The van der Waals surface area contributed by atoms with E-state index in [1.54, 1.807) is 24.9 Å². The number of aromatic nitrogens is 2. The molecule has 0 bridgehead atoms. The number of hydrogen-bond donors (Lipinski definition) is 0. The van der Waals surface area contributed by atoms with Crippen molar-refractivity contribution in [1.29, 1.82) is 0 Å². The molecule has 0 radical (unpaired) electrons. The van der Waals surface area contributed by atoms with Crippen LogP contribution in [0.1, 0.15) is 56.6 Å². The van der Waals surface area contributed by atoms with Crippen LogP contribution in [0.25, 0.3) is 0 Å². The van der Waals surface area contributed by atoms with Gasteiger partial charge in [-0.2, -0.15) is 0 Å². The highest BCUT2D eigenvalue weighted by Crippen LogP contribution is 2.37. The van der Waals surface area contributed by atoms with E-state index in [-0.39, 0.29) is 5.92 Å². The molecule has 0 saturated heterocycles. The first-order valence-electron chi connectivity index (χ1n) is 10.8. The summed E-state index contributed by atoms with van der Waals surface area (Å²) in [4.78, 5) is 5.99. The lowest BCUT2D eigenvalue weighted by molar-refractivity contribution is 0.110. The van der Waals surface area contributed by atoms with Gasteiger partial charge in [0.25, 0.3) is 0 Å². The molecule has 0 N–H and O–H groups in total. The summed E-state index contributed by atoms with van der Waals surface area (Å²) in [7, 11) is 1.68. The van der Waals surface area contributed by atoms with Crippen LogP contribution in [0.5, 0.6) is 5.75 Å². The zero-order valence-electron chi connectivity index (χ0n) is 19.0. The normalized spacial score (nSPS) is 11.3. The summed E-state index contributed by atoms with van der Waals surface area (Å²) in [5.41, 5.74) is 2.22. The number of halogens is 2. The lowest BCUT2D eigenvalue weighted by Gasteiger charge is -2.14. The Kier molecular flexibility index (Phi) is 9.35. The Bertz CT molecular complexity index is 999. The molecule has 0 aliphatic rings. The van der Waals surface area contributed by atoms with Crippen molar-refractivity contribution in [3.05, 3.63) is 69.6 Å². The SMILES string of the molecule is CCCCOCc1nc(C(C)C)c(Sc2cc(Cl)cc(Cl)c2)n1Cc1ccc(OC)cc1. The van der Waals surface area contributed by atoms with Crippen molar-refractivity contribution in [3.63, 3.8) is 0 Å². The van der Waals surface area contributed by atoms with E-state index >= 15 is 0 Å². The van der Waals surface area contributed by atoms with E-state index in [9.17, 15) is 0 Å². The molecule has 0 saturated carbocycles. The average Bonchev–Trinajstić information content (AvgIpc) is 3.08. The van der Waals surface area contributed by atoms with Gasteiger partial charge in [0.05, 0.1) is 12.8 Å². The Labute approximate surface area is 205 Å². The fourth-order valence-corrected chi connectivity index (χ4v) is 5.20. The van der Waals surface area contributed by atoms with Gasteiger partial charge in [-0.25, -0.2) is 4.98 Å². The minimum Gasteiger partial charge on any atom is -0.497 e. The molecule has 0 spiro atoms. The standard InChI is InChI=1S/C25H30Cl2N2O2S/c1-5-6-11-31-16-23-28-24(17(2)3)25(32-22-13-19(26)12-20(27)14-22)29(23)15-18-7-9-21(30-4)10-8-18/h7-10,12-14,17H,5-6,11,15-16H2,1-4H3. The molecule has 0 aliphatic carbocycles. The van der Waals surface area contributed by atoms with E-state index in [4.69, 9.17) is 37.7 Å². The third-order valence-electron chi connectivity index (χ3n) is 5.00. The Balaban J connectivity index is 2.00. The van der Waals surface area contributed by atoms with Gasteiger partial charge in [-0.3, -0.25) is 0 Å². The maximum absolute atomic E-state index is 6.27. The summed E-state index contributed by atoms with van der Waals surface area (Å²) in [5.74, 6) is 2.03. The number of rotatable bonds is 11. The molecule has 172 valence electrons. The largest absolute Gasteiger partial charge is 0.497 e. The zero-order chi connectivity index (χ0) is 23.1. The average molecular weight is 494 g/mol. The van der Waals surface area contributed by atoms with Crippen LogP contribution in [0.15, 0.2) is 52.4 Å². The maximum Gasteiger partial charge on any atom is 0.136 e. The molecule has 4 nitrogen and oxygen atoms in total. The number of nitrogens with zero attached hydrogens (tertiary/aromatic N) is 2. The van der Waals surface area contributed by atoms with Crippen LogP contribution in [-0.4, -0.2) is 23.3 Å². The van der Waals surface area contributed by atoms with Crippen molar-refractivity contribution < 1.29 is 9.47 Å². The summed E-state index contributed by atoms with van der Waals surface area (Å²) < 4.78 is 13.5. The van der Waals surface area contributed by atoms with Crippen LogP contribution in [0.2, 0.25) is 10.0 Å². The van der Waals surface area contributed by atoms with Crippen LogP contribution in [0.3, 0.4) is 0 Å². The summed E-state index contributed by atoms with van der Waals surface area (Å²) in [6, 6.07) is 13.8. The molecule has 3 rings (SSSR count). The number of unbranched alkanes of at least 4 members (excludes halogenated alkanes) is 1. The molecular weight excluding hydrogens is 463 g/mol. The van der Waals surface area contributed by atoms with Crippen molar-refractivity contribution >= 4 is 35.0 Å². The number of imidazole rings is 1. The lowest BCUT2D eigenvalue weighted by Crippen LogP contribution is -2.09. The highest BCUT2D eigenvalue weighted by molar-refractivity contribution is 7.99. The van der Waals surface area contributed by atoms with Gasteiger partial charge >= 0.3 is 0 Å². The van der Waals surface area contributed by atoms with Gasteiger partial charge in [0.1, 0.15) is 23.2 Å². The minimum absolute atomic E-state index is 0.263. The summed E-state index contributed by atoms with van der Waals surface area (Å²) in [6.45, 7) is 8.39. The van der Waals surface area contributed by atoms with Crippen LogP contribution in [0, 0.1) is 0 Å². The van der Waals surface area contributed by atoms with Gasteiger partial charge in [0, 0.05) is 28.1 Å². The van der Waals surface area contributed by atoms with Crippen molar-refractivity contribution in [2.45, 2.75) is 62.6 Å². The molecule has 32 heavy (non-hydrogen) atoms. The van der Waals surface area contributed by atoms with E-state index in [0.717, 1.165) is 46.6 Å². The lowest BCUT2D eigenvalue weighted by atomic mass is 10.1. The van der Waals surface area contributed by atoms with E-state index in [0.29, 0.717) is 23.2 Å². The topological polar surface area (TPSA) is 36.3 Å². The third kappa shape index (κ3) is 6.67. The molecule has 3 aromatic rings. The van der Waals surface area contributed by atoms with Gasteiger partial charge in [-0.05, 0) is 48.2 Å². The van der Waals surface area contributed by atoms with Crippen LogP contribution in [0.4, 0.5) is 0 Å². The van der Waals surface area contributed by atoms with Gasteiger partial charge in [-0.15, -0.1) is 0 Å². The Morgan fingerprint density at radius 3 is 2.34 bits per heavy atom. The maximum atomic E-state index is 6.27. The first-order chi connectivity index (χ1) is 15.4. The van der Waals surface area contributed by atoms with E-state index in [1.807, 2.05) is 24.3 Å². The first kappa shape index (κ1) is 25.0.